The van der Waals surface area contributed by atoms with Crippen LogP contribution in [0, 0.1) is 16.2 Å². The van der Waals surface area contributed by atoms with E-state index in [9.17, 15) is 0 Å². The van der Waals surface area contributed by atoms with Gasteiger partial charge in [-0.15, -0.1) is 0 Å². The van der Waals surface area contributed by atoms with E-state index in [4.69, 9.17) is 5.73 Å². The fourth-order valence-corrected chi connectivity index (χ4v) is 3.20. The topological polar surface area (TPSA) is 26.0 Å². The summed E-state index contributed by atoms with van der Waals surface area (Å²) in [5.41, 5.74) is 11.3. The first-order valence-electron chi connectivity index (χ1n) is 6.78. The van der Waals surface area contributed by atoms with Gasteiger partial charge in [-0.2, -0.15) is 0 Å². The van der Waals surface area contributed by atoms with Gasteiger partial charge in [0.15, 0.2) is 0 Å². The molecule has 2 aliphatic rings. The molecule has 0 bridgehead atoms. The van der Waals surface area contributed by atoms with Gasteiger partial charge < -0.3 is 5.73 Å². The molecule has 0 aromatic rings. The van der Waals surface area contributed by atoms with E-state index in [1.807, 2.05) is 0 Å². The fourth-order valence-electron chi connectivity index (χ4n) is 3.20. The molecular formula is C16H27N. The minimum atomic E-state index is 0.128. The molecule has 0 aromatic carbocycles. The normalized spacial score (nSPS) is 29.6. The monoisotopic (exact) mass is 233 g/mol. The van der Waals surface area contributed by atoms with Crippen LogP contribution in [0.15, 0.2) is 22.9 Å². The lowest BCUT2D eigenvalue weighted by molar-refractivity contribution is 0.236. The van der Waals surface area contributed by atoms with E-state index in [0.29, 0.717) is 10.8 Å². The molecule has 2 aliphatic carbocycles. The van der Waals surface area contributed by atoms with Crippen LogP contribution in [0.3, 0.4) is 0 Å². The third-order valence-electron chi connectivity index (χ3n) is 4.95. The van der Waals surface area contributed by atoms with Crippen molar-refractivity contribution in [1.82, 2.24) is 0 Å². The second-order valence-corrected chi connectivity index (χ2v) is 7.82. The Morgan fingerprint density at radius 3 is 2.00 bits per heavy atom. The molecule has 0 radical (unpaired) electrons. The van der Waals surface area contributed by atoms with Crippen LogP contribution >= 0.6 is 0 Å². The van der Waals surface area contributed by atoms with E-state index in [0.717, 1.165) is 12.1 Å². The lowest BCUT2D eigenvalue weighted by atomic mass is 9.57. The number of rotatable bonds is 0. The van der Waals surface area contributed by atoms with Crippen LogP contribution in [0.5, 0.6) is 0 Å². The van der Waals surface area contributed by atoms with Gasteiger partial charge in [-0.1, -0.05) is 47.1 Å². The zero-order valence-electron chi connectivity index (χ0n) is 12.3. The second kappa shape index (κ2) is 3.40. The zero-order valence-corrected chi connectivity index (χ0v) is 12.3. The van der Waals surface area contributed by atoms with Crippen molar-refractivity contribution in [2.75, 3.05) is 0 Å². The van der Waals surface area contributed by atoms with Crippen molar-refractivity contribution in [1.29, 1.82) is 0 Å². The van der Waals surface area contributed by atoms with Gasteiger partial charge in [0.2, 0.25) is 0 Å². The van der Waals surface area contributed by atoms with Crippen molar-refractivity contribution in [3.63, 3.8) is 0 Å². The third kappa shape index (κ3) is 1.94. The van der Waals surface area contributed by atoms with Gasteiger partial charge in [0.05, 0.1) is 0 Å². The Morgan fingerprint density at radius 1 is 0.882 bits per heavy atom. The molecule has 0 heterocycles. The molecule has 0 unspecified atom stereocenters. The molecule has 0 fully saturated rings. The number of hydrogen-bond acceptors (Lipinski definition) is 1. The molecule has 0 spiro atoms. The van der Waals surface area contributed by atoms with Crippen LogP contribution in [-0.4, -0.2) is 0 Å². The Labute approximate surface area is 106 Å². The van der Waals surface area contributed by atoms with Gasteiger partial charge in [-0.05, 0) is 41.7 Å². The predicted molar refractivity (Wildman–Crippen MR) is 74.5 cm³/mol. The third-order valence-corrected chi connectivity index (χ3v) is 4.95. The summed E-state index contributed by atoms with van der Waals surface area (Å²) in [4.78, 5) is 0. The first-order chi connectivity index (χ1) is 7.56. The van der Waals surface area contributed by atoms with Gasteiger partial charge >= 0.3 is 0 Å². The van der Waals surface area contributed by atoms with Crippen LogP contribution in [0.25, 0.3) is 0 Å². The summed E-state index contributed by atoms with van der Waals surface area (Å²) in [6, 6.07) is 0. The van der Waals surface area contributed by atoms with E-state index in [1.165, 1.54) is 18.4 Å². The van der Waals surface area contributed by atoms with Gasteiger partial charge in [0.25, 0.3) is 0 Å². The van der Waals surface area contributed by atoms with E-state index < -0.39 is 0 Å². The summed E-state index contributed by atoms with van der Waals surface area (Å²) in [5, 5.41) is 0. The first-order valence-corrected chi connectivity index (χ1v) is 6.78. The summed E-state index contributed by atoms with van der Waals surface area (Å²) < 4.78 is 0. The maximum atomic E-state index is 6.26. The van der Waals surface area contributed by atoms with Crippen LogP contribution in [0.1, 0.15) is 60.8 Å². The fraction of sp³-hybridized carbons (Fsp3) is 0.750. The highest BCUT2D eigenvalue weighted by molar-refractivity contribution is 5.44. The number of hydrogen-bond donors (Lipinski definition) is 1. The second-order valence-electron chi connectivity index (χ2n) is 7.82. The van der Waals surface area contributed by atoms with Crippen LogP contribution in [0.4, 0.5) is 0 Å². The van der Waals surface area contributed by atoms with E-state index in [-0.39, 0.29) is 5.41 Å². The molecule has 0 atom stereocenters. The van der Waals surface area contributed by atoms with Gasteiger partial charge in [-0.25, -0.2) is 0 Å². The van der Waals surface area contributed by atoms with Crippen molar-refractivity contribution in [3.8, 4) is 0 Å². The van der Waals surface area contributed by atoms with Crippen molar-refractivity contribution in [3.05, 3.63) is 22.9 Å². The van der Waals surface area contributed by atoms with Crippen LogP contribution in [-0.2, 0) is 0 Å². The average Bonchev–Trinajstić information content (AvgIpc) is 2.17. The SMILES string of the molecule is CC1(C)CC2=C(C=C1N)C(C)(C)CCC2(C)C. The minimum absolute atomic E-state index is 0.128. The zero-order chi connectivity index (χ0) is 13.1. The molecule has 0 aliphatic heterocycles. The smallest absolute Gasteiger partial charge is 0.0144 e. The number of allylic oxidation sites excluding steroid dienone is 4. The summed E-state index contributed by atoms with van der Waals surface area (Å²) in [6.45, 7) is 14.0. The van der Waals surface area contributed by atoms with E-state index in [1.54, 1.807) is 5.57 Å². The average molecular weight is 233 g/mol. The van der Waals surface area contributed by atoms with Crippen molar-refractivity contribution >= 4 is 0 Å². The highest BCUT2D eigenvalue weighted by Gasteiger charge is 2.43. The predicted octanol–water partition coefficient (Wildman–Crippen LogP) is 4.40. The maximum absolute atomic E-state index is 6.26. The highest BCUT2D eigenvalue weighted by Crippen LogP contribution is 2.55. The van der Waals surface area contributed by atoms with Crippen LogP contribution in [0.2, 0.25) is 0 Å². The molecular weight excluding hydrogens is 206 g/mol. The largest absolute Gasteiger partial charge is 0.402 e. The summed E-state index contributed by atoms with van der Waals surface area (Å²) in [5.74, 6) is 0. The molecule has 1 nitrogen and oxygen atoms in total. The summed E-state index contributed by atoms with van der Waals surface area (Å²) in [7, 11) is 0. The molecule has 17 heavy (non-hydrogen) atoms. The first kappa shape index (κ1) is 12.7. The van der Waals surface area contributed by atoms with Crippen LogP contribution < -0.4 is 5.73 Å². The van der Waals surface area contributed by atoms with Gasteiger partial charge in [-0.3, -0.25) is 0 Å². The minimum Gasteiger partial charge on any atom is -0.402 e. The van der Waals surface area contributed by atoms with Crippen molar-refractivity contribution < 1.29 is 0 Å². The molecule has 2 rings (SSSR count). The maximum Gasteiger partial charge on any atom is 0.0144 e. The molecule has 0 saturated carbocycles. The van der Waals surface area contributed by atoms with E-state index in [2.05, 4.69) is 47.6 Å². The quantitative estimate of drug-likeness (QED) is 0.659. The standard InChI is InChI=1S/C16H27N/c1-14(2)7-8-15(3,4)12-10-16(5,6)13(17)9-11(12)14/h9H,7-8,10,17H2,1-6H3. The molecule has 0 amide bonds. The van der Waals surface area contributed by atoms with Crippen molar-refractivity contribution in [2.24, 2.45) is 22.0 Å². The molecule has 0 saturated heterocycles. The Hall–Kier alpha value is -0.720. The highest BCUT2D eigenvalue weighted by atomic mass is 14.6. The Balaban J connectivity index is 2.58. The van der Waals surface area contributed by atoms with E-state index >= 15 is 0 Å². The Morgan fingerprint density at radius 2 is 1.41 bits per heavy atom. The summed E-state index contributed by atoms with van der Waals surface area (Å²) >= 11 is 0. The van der Waals surface area contributed by atoms with Gasteiger partial charge in [0, 0.05) is 11.1 Å². The van der Waals surface area contributed by atoms with Gasteiger partial charge in [0.1, 0.15) is 0 Å². The number of nitrogens with two attached hydrogens (primary N) is 1. The molecule has 96 valence electrons. The summed E-state index contributed by atoms with van der Waals surface area (Å²) in [6.07, 6.45) is 5.96. The lowest BCUT2D eigenvalue weighted by Gasteiger charge is -2.48. The lowest BCUT2D eigenvalue weighted by Crippen LogP contribution is -2.37. The Kier molecular flexibility index (Phi) is 2.54. The molecule has 0 aromatic heterocycles. The Bertz CT molecular complexity index is 405. The van der Waals surface area contributed by atoms with Crippen molar-refractivity contribution in [2.45, 2.75) is 60.8 Å². The molecule has 1 heteroatoms. The molecule has 2 N–H and O–H groups in total.